The summed E-state index contributed by atoms with van der Waals surface area (Å²) < 4.78 is 4.93. The molecule has 2 amide bonds. The summed E-state index contributed by atoms with van der Waals surface area (Å²) >= 11 is 1.34. The SMILES string of the molecule is CCOC(=O)c1csc(CN(C(=O)Nc2ccccc2)C(C)C)n1. The molecule has 1 aromatic heterocycles. The fraction of sp³-hybridized carbons (Fsp3) is 0.353. The summed E-state index contributed by atoms with van der Waals surface area (Å²) in [4.78, 5) is 30.1. The molecule has 0 fully saturated rings. The molecule has 1 N–H and O–H groups in total. The van der Waals surface area contributed by atoms with Gasteiger partial charge in [-0.3, -0.25) is 0 Å². The Balaban J connectivity index is 2.06. The van der Waals surface area contributed by atoms with Crippen LogP contribution in [0.5, 0.6) is 0 Å². The molecule has 6 nitrogen and oxygen atoms in total. The summed E-state index contributed by atoms with van der Waals surface area (Å²) in [5.74, 6) is -0.440. The number of nitrogens with zero attached hydrogens (tertiary/aromatic N) is 2. The van der Waals surface area contributed by atoms with Crippen LogP contribution in [0.2, 0.25) is 0 Å². The maximum Gasteiger partial charge on any atom is 0.357 e. The van der Waals surface area contributed by atoms with Gasteiger partial charge in [-0.15, -0.1) is 11.3 Å². The van der Waals surface area contributed by atoms with E-state index in [0.29, 0.717) is 18.2 Å². The highest BCUT2D eigenvalue weighted by Crippen LogP contribution is 2.16. The van der Waals surface area contributed by atoms with Gasteiger partial charge in [0.25, 0.3) is 0 Å². The molecule has 0 saturated carbocycles. The summed E-state index contributed by atoms with van der Waals surface area (Å²) in [5.41, 5.74) is 1.02. The minimum atomic E-state index is -0.440. The number of amides is 2. The largest absolute Gasteiger partial charge is 0.461 e. The molecule has 24 heavy (non-hydrogen) atoms. The van der Waals surface area contributed by atoms with E-state index in [1.807, 2.05) is 44.2 Å². The number of nitrogens with one attached hydrogen (secondary N) is 1. The Labute approximate surface area is 145 Å². The Kier molecular flexibility index (Phi) is 6.31. The smallest absolute Gasteiger partial charge is 0.357 e. The zero-order valence-electron chi connectivity index (χ0n) is 14.0. The van der Waals surface area contributed by atoms with Gasteiger partial charge in [0.05, 0.1) is 13.2 Å². The molecule has 0 bridgehead atoms. The maximum atomic E-state index is 12.5. The summed E-state index contributed by atoms with van der Waals surface area (Å²) in [7, 11) is 0. The molecule has 0 aliphatic rings. The van der Waals surface area contributed by atoms with Gasteiger partial charge in [0, 0.05) is 17.1 Å². The Bertz CT molecular complexity index is 685. The topological polar surface area (TPSA) is 71.5 Å². The highest BCUT2D eigenvalue weighted by molar-refractivity contribution is 7.09. The van der Waals surface area contributed by atoms with E-state index >= 15 is 0 Å². The lowest BCUT2D eigenvalue weighted by Crippen LogP contribution is -2.39. The van der Waals surface area contributed by atoms with Gasteiger partial charge in [0.1, 0.15) is 5.01 Å². The van der Waals surface area contributed by atoms with E-state index < -0.39 is 5.97 Å². The zero-order valence-corrected chi connectivity index (χ0v) is 14.8. The number of para-hydroxylation sites is 1. The normalized spacial score (nSPS) is 10.5. The fourth-order valence-corrected chi connectivity index (χ4v) is 2.79. The van der Waals surface area contributed by atoms with E-state index in [9.17, 15) is 9.59 Å². The van der Waals surface area contributed by atoms with Crippen LogP contribution in [0.15, 0.2) is 35.7 Å². The summed E-state index contributed by atoms with van der Waals surface area (Å²) in [6.07, 6.45) is 0. The first-order chi connectivity index (χ1) is 11.5. The average molecular weight is 347 g/mol. The summed E-state index contributed by atoms with van der Waals surface area (Å²) in [5, 5.41) is 5.21. The van der Waals surface area contributed by atoms with Crippen molar-refractivity contribution in [2.75, 3.05) is 11.9 Å². The van der Waals surface area contributed by atoms with E-state index in [0.717, 1.165) is 5.69 Å². The number of hydrogen-bond donors (Lipinski definition) is 1. The Morgan fingerprint density at radius 2 is 2.00 bits per heavy atom. The molecule has 0 aliphatic carbocycles. The highest BCUT2D eigenvalue weighted by Gasteiger charge is 2.20. The number of aromatic nitrogens is 1. The van der Waals surface area contributed by atoms with Gasteiger partial charge in [-0.25, -0.2) is 14.6 Å². The molecule has 128 valence electrons. The molecule has 0 unspecified atom stereocenters. The number of thiazole rings is 1. The number of esters is 1. The van der Waals surface area contributed by atoms with E-state index in [-0.39, 0.29) is 17.8 Å². The zero-order chi connectivity index (χ0) is 17.5. The highest BCUT2D eigenvalue weighted by atomic mass is 32.1. The number of carbonyl (C=O) groups is 2. The first-order valence-electron chi connectivity index (χ1n) is 7.75. The van der Waals surface area contributed by atoms with Crippen molar-refractivity contribution >= 4 is 29.0 Å². The van der Waals surface area contributed by atoms with E-state index in [1.165, 1.54) is 11.3 Å². The third-order valence-corrected chi connectivity index (χ3v) is 4.08. The fourth-order valence-electron chi connectivity index (χ4n) is 2.03. The Morgan fingerprint density at radius 3 is 2.62 bits per heavy atom. The van der Waals surface area contributed by atoms with Gasteiger partial charge >= 0.3 is 12.0 Å². The van der Waals surface area contributed by atoms with Crippen LogP contribution >= 0.6 is 11.3 Å². The second kappa shape index (κ2) is 8.44. The van der Waals surface area contributed by atoms with Crippen LogP contribution in [-0.2, 0) is 11.3 Å². The predicted octanol–water partition coefficient (Wildman–Crippen LogP) is 3.76. The van der Waals surface area contributed by atoms with Crippen molar-refractivity contribution < 1.29 is 14.3 Å². The van der Waals surface area contributed by atoms with Gasteiger partial charge in [0.15, 0.2) is 5.69 Å². The molecular weight excluding hydrogens is 326 g/mol. The van der Waals surface area contributed by atoms with Gasteiger partial charge < -0.3 is 15.0 Å². The van der Waals surface area contributed by atoms with Crippen molar-refractivity contribution in [1.29, 1.82) is 0 Å². The van der Waals surface area contributed by atoms with Crippen LogP contribution < -0.4 is 5.32 Å². The third-order valence-electron chi connectivity index (χ3n) is 3.25. The van der Waals surface area contributed by atoms with Crippen LogP contribution in [-0.4, -0.2) is 34.5 Å². The Morgan fingerprint density at radius 1 is 1.29 bits per heavy atom. The van der Waals surface area contributed by atoms with Crippen LogP contribution in [0.1, 0.15) is 36.3 Å². The minimum Gasteiger partial charge on any atom is -0.461 e. The standard InChI is InChI=1S/C17H21N3O3S/c1-4-23-16(21)14-11-24-15(19-14)10-20(12(2)3)17(22)18-13-8-6-5-7-9-13/h5-9,11-12H,4,10H2,1-3H3,(H,18,22). The maximum absolute atomic E-state index is 12.5. The molecular formula is C17H21N3O3S. The van der Waals surface area contributed by atoms with Gasteiger partial charge in [-0.1, -0.05) is 18.2 Å². The molecule has 0 radical (unpaired) electrons. The van der Waals surface area contributed by atoms with Crippen LogP contribution in [0.25, 0.3) is 0 Å². The van der Waals surface area contributed by atoms with E-state index in [1.54, 1.807) is 17.2 Å². The van der Waals surface area contributed by atoms with Crippen molar-refractivity contribution in [3.05, 3.63) is 46.4 Å². The van der Waals surface area contributed by atoms with E-state index in [2.05, 4.69) is 10.3 Å². The number of rotatable bonds is 6. The molecule has 7 heteroatoms. The Hall–Kier alpha value is -2.41. The van der Waals surface area contributed by atoms with Gasteiger partial charge in [-0.05, 0) is 32.9 Å². The molecule has 0 saturated heterocycles. The lowest BCUT2D eigenvalue weighted by atomic mass is 10.3. The summed E-state index contributed by atoms with van der Waals surface area (Å²) in [6.45, 7) is 6.26. The molecule has 1 heterocycles. The second-order valence-electron chi connectivity index (χ2n) is 5.36. The van der Waals surface area contributed by atoms with Crippen LogP contribution in [0.3, 0.4) is 0 Å². The second-order valence-corrected chi connectivity index (χ2v) is 6.31. The monoisotopic (exact) mass is 347 g/mol. The molecule has 0 aliphatic heterocycles. The molecule has 1 aromatic carbocycles. The molecule has 0 spiro atoms. The van der Waals surface area contributed by atoms with Gasteiger partial charge in [-0.2, -0.15) is 0 Å². The average Bonchev–Trinajstić information content (AvgIpc) is 3.02. The molecule has 0 atom stereocenters. The van der Waals surface area contributed by atoms with Crippen molar-refractivity contribution in [3.63, 3.8) is 0 Å². The van der Waals surface area contributed by atoms with Crippen LogP contribution in [0.4, 0.5) is 10.5 Å². The first-order valence-corrected chi connectivity index (χ1v) is 8.63. The van der Waals surface area contributed by atoms with Crippen molar-refractivity contribution in [1.82, 2.24) is 9.88 Å². The third kappa shape index (κ3) is 4.79. The van der Waals surface area contributed by atoms with Crippen molar-refractivity contribution in [2.45, 2.75) is 33.4 Å². The minimum absolute atomic E-state index is 0.0105. The predicted molar refractivity (Wildman–Crippen MR) is 94.2 cm³/mol. The molecule has 2 rings (SSSR count). The van der Waals surface area contributed by atoms with Gasteiger partial charge in [0.2, 0.25) is 0 Å². The number of benzene rings is 1. The number of anilines is 1. The van der Waals surface area contributed by atoms with Crippen molar-refractivity contribution in [2.24, 2.45) is 0 Å². The quantitative estimate of drug-likeness (QED) is 0.808. The summed E-state index contributed by atoms with van der Waals surface area (Å²) in [6, 6.07) is 9.07. The lowest BCUT2D eigenvalue weighted by Gasteiger charge is -2.26. The number of carbonyl (C=O) groups excluding carboxylic acids is 2. The lowest BCUT2D eigenvalue weighted by molar-refractivity contribution is 0.0520. The van der Waals surface area contributed by atoms with Crippen molar-refractivity contribution in [3.8, 4) is 0 Å². The molecule has 2 aromatic rings. The number of hydrogen-bond acceptors (Lipinski definition) is 5. The van der Waals surface area contributed by atoms with Crippen LogP contribution in [0, 0.1) is 0 Å². The first kappa shape index (κ1) is 17.9. The van der Waals surface area contributed by atoms with E-state index in [4.69, 9.17) is 4.74 Å². The number of urea groups is 1. The number of ether oxygens (including phenoxy) is 1.